The summed E-state index contributed by atoms with van der Waals surface area (Å²) in [6.45, 7) is 3.52. The molecule has 0 aliphatic carbocycles. The summed E-state index contributed by atoms with van der Waals surface area (Å²) in [4.78, 5) is 22.0. The van der Waals surface area contributed by atoms with Gasteiger partial charge in [0.2, 0.25) is 0 Å². The molecule has 0 saturated carbocycles. The van der Waals surface area contributed by atoms with Crippen LogP contribution in [0.2, 0.25) is 0 Å². The number of rotatable bonds is 6. The predicted molar refractivity (Wildman–Crippen MR) is 71.5 cm³/mol. The monoisotopic (exact) mass is 319 g/mol. The Bertz CT molecular complexity index is 543. The number of ether oxygens (including phenoxy) is 1. The molecular formula is C14H16F3NO4. The van der Waals surface area contributed by atoms with E-state index >= 15 is 0 Å². The fourth-order valence-corrected chi connectivity index (χ4v) is 1.70. The van der Waals surface area contributed by atoms with Gasteiger partial charge in [0.05, 0.1) is 6.10 Å². The zero-order chi connectivity index (χ0) is 16.9. The Morgan fingerprint density at radius 1 is 1.27 bits per heavy atom. The van der Waals surface area contributed by atoms with Crippen molar-refractivity contribution in [1.82, 2.24) is 5.32 Å². The van der Waals surface area contributed by atoms with Crippen LogP contribution in [0.25, 0.3) is 0 Å². The molecule has 0 spiro atoms. The first-order valence-electron chi connectivity index (χ1n) is 6.46. The predicted octanol–water partition coefficient (Wildman–Crippen LogP) is 2.15. The number of carbonyl (C=O) groups is 2. The maximum absolute atomic E-state index is 12.2. The summed E-state index contributed by atoms with van der Waals surface area (Å²) >= 11 is 0. The second kappa shape index (κ2) is 7.15. The van der Waals surface area contributed by atoms with Crippen LogP contribution < -0.4 is 10.1 Å². The lowest BCUT2D eigenvalue weighted by Crippen LogP contribution is -2.47. The van der Waals surface area contributed by atoms with Crippen molar-refractivity contribution in [3.63, 3.8) is 0 Å². The molecule has 5 nitrogen and oxygen atoms in total. The van der Waals surface area contributed by atoms with Gasteiger partial charge in [-0.3, -0.25) is 4.79 Å². The highest BCUT2D eigenvalue weighted by Gasteiger charge is 2.40. The molecule has 122 valence electrons. The van der Waals surface area contributed by atoms with Crippen LogP contribution >= 0.6 is 0 Å². The van der Waals surface area contributed by atoms with Crippen LogP contribution in [-0.4, -0.2) is 35.3 Å². The van der Waals surface area contributed by atoms with E-state index in [0.717, 1.165) is 0 Å². The molecule has 0 saturated heterocycles. The third-order valence-corrected chi connectivity index (χ3v) is 2.62. The van der Waals surface area contributed by atoms with Gasteiger partial charge in [0, 0.05) is 6.42 Å². The number of amides is 1. The van der Waals surface area contributed by atoms with E-state index in [1.807, 2.05) is 0 Å². The number of benzene rings is 1. The summed E-state index contributed by atoms with van der Waals surface area (Å²) in [5.41, 5.74) is 0.395. The van der Waals surface area contributed by atoms with Crippen molar-refractivity contribution in [2.45, 2.75) is 38.6 Å². The number of carboxylic acids is 1. The molecule has 2 N–H and O–H groups in total. The first-order valence-corrected chi connectivity index (χ1v) is 6.46. The Morgan fingerprint density at radius 3 is 2.36 bits per heavy atom. The van der Waals surface area contributed by atoms with Crippen LogP contribution in [0.1, 0.15) is 19.4 Å². The topological polar surface area (TPSA) is 75.6 Å². The average Bonchev–Trinajstić information content (AvgIpc) is 2.38. The van der Waals surface area contributed by atoms with E-state index in [0.29, 0.717) is 11.3 Å². The van der Waals surface area contributed by atoms with Gasteiger partial charge < -0.3 is 15.2 Å². The molecule has 0 aliphatic rings. The highest BCUT2D eigenvalue weighted by molar-refractivity contribution is 5.87. The van der Waals surface area contributed by atoms with Gasteiger partial charge in [-0.05, 0) is 25.5 Å². The molecular weight excluding hydrogens is 303 g/mol. The van der Waals surface area contributed by atoms with Gasteiger partial charge in [0.15, 0.2) is 0 Å². The fourth-order valence-electron chi connectivity index (χ4n) is 1.70. The molecule has 1 aromatic carbocycles. The molecule has 1 amide bonds. The molecule has 0 radical (unpaired) electrons. The van der Waals surface area contributed by atoms with Gasteiger partial charge >= 0.3 is 18.1 Å². The third-order valence-electron chi connectivity index (χ3n) is 2.62. The Balaban J connectivity index is 2.93. The van der Waals surface area contributed by atoms with Crippen LogP contribution in [0.15, 0.2) is 24.3 Å². The van der Waals surface area contributed by atoms with Gasteiger partial charge in [0.25, 0.3) is 0 Å². The van der Waals surface area contributed by atoms with Gasteiger partial charge in [-0.1, -0.05) is 18.2 Å². The van der Waals surface area contributed by atoms with Crippen molar-refractivity contribution >= 4 is 11.9 Å². The minimum atomic E-state index is -5.14. The van der Waals surface area contributed by atoms with Crippen molar-refractivity contribution in [3.8, 4) is 5.75 Å². The van der Waals surface area contributed by atoms with Crippen LogP contribution in [0, 0.1) is 0 Å². The lowest BCUT2D eigenvalue weighted by Gasteiger charge is -2.19. The quantitative estimate of drug-likeness (QED) is 0.842. The van der Waals surface area contributed by atoms with E-state index in [4.69, 9.17) is 9.84 Å². The van der Waals surface area contributed by atoms with Crippen LogP contribution in [0.4, 0.5) is 13.2 Å². The first kappa shape index (κ1) is 17.8. The van der Waals surface area contributed by atoms with Crippen molar-refractivity contribution < 1.29 is 32.6 Å². The van der Waals surface area contributed by atoms with E-state index < -0.39 is 24.1 Å². The van der Waals surface area contributed by atoms with Gasteiger partial charge in [-0.15, -0.1) is 0 Å². The minimum absolute atomic E-state index is 0.186. The number of hydrogen-bond acceptors (Lipinski definition) is 3. The number of nitrogens with one attached hydrogen (secondary N) is 1. The summed E-state index contributed by atoms with van der Waals surface area (Å²) in [7, 11) is 0. The van der Waals surface area contributed by atoms with E-state index in [-0.39, 0.29) is 12.5 Å². The molecule has 0 aliphatic heterocycles. The Hall–Kier alpha value is -2.25. The van der Waals surface area contributed by atoms with Crippen molar-refractivity contribution in [1.29, 1.82) is 0 Å². The Morgan fingerprint density at radius 2 is 1.86 bits per heavy atom. The Labute approximate surface area is 125 Å². The fraction of sp³-hybridized carbons (Fsp3) is 0.429. The van der Waals surface area contributed by atoms with E-state index in [1.54, 1.807) is 32.0 Å². The van der Waals surface area contributed by atoms with E-state index in [9.17, 15) is 22.8 Å². The molecule has 1 unspecified atom stereocenters. The molecule has 1 atom stereocenters. The zero-order valence-electron chi connectivity index (χ0n) is 12.0. The number of halogens is 3. The number of para-hydroxylation sites is 1. The summed E-state index contributed by atoms with van der Waals surface area (Å²) in [6.07, 6.45) is -5.64. The van der Waals surface area contributed by atoms with Crippen LogP contribution in [0.3, 0.4) is 0 Å². The smallest absolute Gasteiger partial charge is 0.471 e. The van der Waals surface area contributed by atoms with Gasteiger partial charge in [-0.25, -0.2) is 4.79 Å². The molecule has 0 fully saturated rings. The van der Waals surface area contributed by atoms with Crippen molar-refractivity contribution in [3.05, 3.63) is 29.8 Å². The second-order valence-electron chi connectivity index (χ2n) is 4.84. The highest BCUT2D eigenvalue weighted by Crippen LogP contribution is 2.22. The van der Waals surface area contributed by atoms with Crippen molar-refractivity contribution in [2.24, 2.45) is 0 Å². The summed E-state index contributed by atoms with van der Waals surface area (Å²) in [6, 6.07) is 4.68. The number of aliphatic carboxylic acids is 1. The minimum Gasteiger partial charge on any atom is -0.491 e. The standard InChI is InChI=1S/C14H16F3NO4/c1-8(2)22-11-6-4-3-5-9(11)7-10(12(19)20)18-13(21)14(15,16)17/h3-6,8,10H,7H2,1-2H3,(H,18,21)(H,19,20). The molecule has 1 rings (SSSR count). The third kappa shape index (κ3) is 5.27. The van der Waals surface area contributed by atoms with E-state index in [1.165, 1.54) is 11.4 Å². The molecule has 0 aromatic heterocycles. The molecule has 0 bridgehead atoms. The number of carboxylic acid groups (broad SMARTS) is 1. The summed E-state index contributed by atoms with van der Waals surface area (Å²) < 4.78 is 42.2. The van der Waals surface area contributed by atoms with E-state index in [2.05, 4.69) is 0 Å². The highest BCUT2D eigenvalue weighted by atomic mass is 19.4. The van der Waals surface area contributed by atoms with Gasteiger partial charge in [-0.2, -0.15) is 13.2 Å². The lowest BCUT2D eigenvalue weighted by atomic mass is 10.0. The van der Waals surface area contributed by atoms with Crippen LogP contribution in [-0.2, 0) is 16.0 Å². The summed E-state index contributed by atoms with van der Waals surface area (Å²) in [5, 5.41) is 10.5. The molecule has 8 heteroatoms. The zero-order valence-corrected chi connectivity index (χ0v) is 12.0. The molecule has 22 heavy (non-hydrogen) atoms. The average molecular weight is 319 g/mol. The maximum atomic E-state index is 12.2. The summed E-state index contributed by atoms with van der Waals surface area (Å²) in [5.74, 6) is -3.48. The number of carbonyl (C=O) groups excluding carboxylic acids is 1. The molecule has 1 aromatic rings. The number of alkyl halides is 3. The lowest BCUT2D eigenvalue weighted by molar-refractivity contribution is -0.175. The molecule has 0 heterocycles. The Kier molecular flexibility index (Phi) is 5.78. The maximum Gasteiger partial charge on any atom is 0.471 e. The first-order chi connectivity index (χ1) is 10.1. The van der Waals surface area contributed by atoms with Gasteiger partial charge in [0.1, 0.15) is 11.8 Å². The number of hydrogen-bond donors (Lipinski definition) is 2. The largest absolute Gasteiger partial charge is 0.491 e. The SMILES string of the molecule is CC(C)Oc1ccccc1CC(NC(=O)C(F)(F)F)C(=O)O. The van der Waals surface area contributed by atoms with Crippen molar-refractivity contribution in [2.75, 3.05) is 0 Å². The normalized spacial score (nSPS) is 12.8. The van der Waals surface area contributed by atoms with Crippen LogP contribution in [0.5, 0.6) is 5.75 Å². The second-order valence-corrected chi connectivity index (χ2v) is 4.84.